The summed E-state index contributed by atoms with van der Waals surface area (Å²) in [4.78, 5) is 11.7. The summed E-state index contributed by atoms with van der Waals surface area (Å²) in [5, 5.41) is 0. The van der Waals surface area contributed by atoms with Crippen LogP contribution in [0.2, 0.25) is 0 Å². The van der Waals surface area contributed by atoms with Crippen molar-refractivity contribution >= 4 is 15.9 Å². The second-order valence-electron chi connectivity index (χ2n) is 4.88. The maximum atomic E-state index is 12.0. The Balaban J connectivity index is 1.88. The lowest BCUT2D eigenvalue weighted by molar-refractivity contribution is -0.115. The molecule has 6 heteroatoms. The lowest BCUT2D eigenvalue weighted by atomic mass is 10.2. The van der Waals surface area contributed by atoms with Gasteiger partial charge in [0.2, 0.25) is 0 Å². The predicted octanol–water partition coefficient (Wildman–Crippen LogP) is 2.53. The first-order chi connectivity index (χ1) is 11.0. The summed E-state index contributed by atoms with van der Waals surface area (Å²) in [5.74, 6) is -0.765. The molecular formula is C17H17NO4S. The Morgan fingerprint density at radius 2 is 1.74 bits per heavy atom. The molecule has 0 aliphatic carbocycles. The fourth-order valence-corrected chi connectivity index (χ4v) is 2.72. The molecule has 2 aromatic rings. The van der Waals surface area contributed by atoms with Crippen LogP contribution in [-0.4, -0.2) is 14.3 Å². The van der Waals surface area contributed by atoms with Crippen LogP contribution >= 0.6 is 0 Å². The number of hydrogen-bond donors (Lipinski definition) is 1. The van der Waals surface area contributed by atoms with Gasteiger partial charge in [0.15, 0.2) is 0 Å². The van der Waals surface area contributed by atoms with E-state index < -0.39 is 15.9 Å². The molecule has 0 unspecified atom stereocenters. The number of aryl methyl sites for hydroxylation is 1. The van der Waals surface area contributed by atoms with Crippen molar-refractivity contribution in [1.82, 2.24) is 4.72 Å². The molecule has 5 nitrogen and oxygen atoms in total. The van der Waals surface area contributed by atoms with E-state index in [9.17, 15) is 13.2 Å². The van der Waals surface area contributed by atoms with Crippen LogP contribution in [0.4, 0.5) is 0 Å². The van der Waals surface area contributed by atoms with E-state index in [1.165, 1.54) is 18.4 Å². The fourth-order valence-electron chi connectivity index (χ4n) is 1.77. The van der Waals surface area contributed by atoms with E-state index in [0.717, 1.165) is 17.2 Å². The number of carbonyl (C=O) groups is 1. The van der Waals surface area contributed by atoms with Crippen molar-refractivity contribution in [1.29, 1.82) is 0 Å². The second kappa shape index (κ2) is 7.60. The van der Waals surface area contributed by atoms with Crippen LogP contribution in [-0.2, 0) is 26.2 Å². The van der Waals surface area contributed by atoms with Gasteiger partial charge in [0.05, 0.1) is 11.2 Å². The van der Waals surface area contributed by atoms with Crippen LogP contribution in [0, 0.1) is 6.92 Å². The van der Waals surface area contributed by atoms with Crippen molar-refractivity contribution in [3.63, 3.8) is 0 Å². The highest BCUT2D eigenvalue weighted by Crippen LogP contribution is 2.09. The van der Waals surface area contributed by atoms with Gasteiger partial charge in [-0.15, -0.1) is 0 Å². The van der Waals surface area contributed by atoms with Gasteiger partial charge in [-0.05, 0) is 24.6 Å². The van der Waals surface area contributed by atoms with Gasteiger partial charge in [0, 0.05) is 6.08 Å². The van der Waals surface area contributed by atoms with Crippen molar-refractivity contribution in [3.05, 3.63) is 78.1 Å². The number of amides is 1. The zero-order valence-electron chi connectivity index (χ0n) is 12.6. The van der Waals surface area contributed by atoms with Crippen LogP contribution in [0.1, 0.15) is 11.1 Å². The van der Waals surface area contributed by atoms with E-state index in [-0.39, 0.29) is 4.90 Å². The average molecular weight is 331 g/mol. The summed E-state index contributed by atoms with van der Waals surface area (Å²) in [6.07, 6.45) is 2.21. The Hall–Kier alpha value is -2.60. The Labute approximate surface area is 135 Å². The third-order valence-electron chi connectivity index (χ3n) is 2.97. The van der Waals surface area contributed by atoms with Gasteiger partial charge < -0.3 is 4.74 Å². The van der Waals surface area contributed by atoms with Gasteiger partial charge in [-0.25, -0.2) is 13.1 Å². The van der Waals surface area contributed by atoms with Crippen molar-refractivity contribution < 1.29 is 17.9 Å². The van der Waals surface area contributed by atoms with Gasteiger partial charge in [-0.2, -0.15) is 0 Å². The van der Waals surface area contributed by atoms with E-state index in [2.05, 4.69) is 0 Å². The first kappa shape index (κ1) is 16.8. The lowest BCUT2D eigenvalue weighted by Gasteiger charge is -2.05. The third kappa shape index (κ3) is 5.27. The van der Waals surface area contributed by atoms with Crippen molar-refractivity contribution in [3.8, 4) is 0 Å². The molecule has 1 N–H and O–H groups in total. The molecule has 0 aromatic heterocycles. The lowest BCUT2D eigenvalue weighted by Crippen LogP contribution is -2.29. The quantitative estimate of drug-likeness (QED) is 0.652. The Morgan fingerprint density at radius 3 is 2.39 bits per heavy atom. The summed E-state index contributed by atoms with van der Waals surface area (Å²) in [5.41, 5.74) is 1.88. The second-order valence-corrected chi connectivity index (χ2v) is 6.56. The monoisotopic (exact) mass is 331 g/mol. The SMILES string of the molecule is Cc1ccc(S(=O)(=O)NC(=O)/C=C/OCc2ccccc2)cc1. The molecule has 23 heavy (non-hydrogen) atoms. The number of sulfonamides is 1. The van der Waals surface area contributed by atoms with Gasteiger partial charge in [0.1, 0.15) is 6.61 Å². The number of hydrogen-bond acceptors (Lipinski definition) is 4. The molecule has 0 saturated heterocycles. The minimum Gasteiger partial charge on any atom is -0.496 e. The van der Waals surface area contributed by atoms with E-state index in [1.807, 2.05) is 42.0 Å². The molecule has 0 bridgehead atoms. The summed E-state index contributed by atoms with van der Waals surface area (Å²) in [6, 6.07) is 15.6. The topological polar surface area (TPSA) is 72.5 Å². The molecule has 0 atom stereocenters. The van der Waals surface area contributed by atoms with Crippen LogP contribution in [0.3, 0.4) is 0 Å². The highest BCUT2D eigenvalue weighted by atomic mass is 32.2. The highest BCUT2D eigenvalue weighted by Gasteiger charge is 2.15. The third-order valence-corrected chi connectivity index (χ3v) is 4.34. The molecule has 2 aromatic carbocycles. The molecule has 2 rings (SSSR count). The number of nitrogens with one attached hydrogen (secondary N) is 1. The van der Waals surface area contributed by atoms with Gasteiger partial charge in [0.25, 0.3) is 15.9 Å². The van der Waals surface area contributed by atoms with Gasteiger partial charge in [-0.3, -0.25) is 4.79 Å². The maximum absolute atomic E-state index is 12.0. The predicted molar refractivity (Wildman–Crippen MR) is 86.9 cm³/mol. The molecular weight excluding hydrogens is 314 g/mol. The first-order valence-electron chi connectivity index (χ1n) is 6.93. The number of ether oxygens (including phenoxy) is 1. The zero-order valence-corrected chi connectivity index (χ0v) is 13.4. The number of rotatable bonds is 6. The Morgan fingerprint density at radius 1 is 1.09 bits per heavy atom. The smallest absolute Gasteiger partial charge is 0.264 e. The van der Waals surface area contributed by atoms with Crippen LogP contribution in [0.15, 0.2) is 71.8 Å². The normalized spacial score (nSPS) is 11.3. The largest absolute Gasteiger partial charge is 0.496 e. The molecule has 0 heterocycles. The zero-order chi connectivity index (χ0) is 16.7. The first-order valence-corrected chi connectivity index (χ1v) is 8.41. The fraction of sp³-hybridized carbons (Fsp3) is 0.118. The molecule has 1 amide bonds. The number of benzene rings is 2. The minimum atomic E-state index is -3.87. The molecule has 0 aliphatic rings. The molecule has 0 saturated carbocycles. The Kier molecular flexibility index (Phi) is 5.54. The van der Waals surface area contributed by atoms with E-state index in [4.69, 9.17) is 4.74 Å². The summed E-state index contributed by atoms with van der Waals surface area (Å²) >= 11 is 0. The minimum absolute atomic E-state index is 0.0371. The molecule has 0 fully saturated rings. The average Bonchev–Trinajstić information content (AvgIpc) is 2.52. The van der Waals surface area contributed by atoms with Crippen molar-refractivity contribution in [2.45, 2.75) is 18.4 Å². The Bertz CT molecular complexity index is 781. The maximum Gasteiger partial charge on any atom is 0.264 e. The molecule has 0 radical (unpaired) electrons. The van der Waals surface area contributed by atoms with Gasteiger partial charge in [-0.1, -0.05) is 48.0 Å². The molecule has 0 aliphatic heterocycles. The van der Waals surface area contributed by atoms with Crippen molar-refractivity contribution in [2.24, 2.45) is 0 Å². The number of carbonyl (C=O) groups excluding carboxylic acids is 1. The van der Waals surface area contributed by atoms with Crippen LogP contribution in [0.5, 0.6) is 0 Å². The molecule has 0 spiro atoms. The summed E-state index contributed by atoms with van der Waals surface area (Å²) in [7, 11) is -3.87. The van der Waals surface area contributed by atoms with Crippen LogP contribution in [0.25, 0.3) is 0 Å². The molecule has 120 valence electrons. The van der Waals surface area contributed by atoms with E-state index in [1.54, 1.807) is 12.1 Å². The van der Waals surface area contributed by atoms with Crippen molar-refractivity contribution in [2.75, 3.05) is 0 Å². The summed E-state index contributed by atoms with van der Waals surface area (Å²) in [6.45, 7) is 2.15. The summed E-state index contributed by atoms with van der Waals surface area (Å²) < 4.78 is 31.2. The highest BCUT2D eigenvalue weighted by molar-refractivity contribution is 7.90. The van der Waals surface area contributed by atoms with Crippen LogP contribution < -0.4 is 4.72 Å². The van der Waals surface area contributed by atoms with E-state index >= 15 is 0 Å². The standard InChI is InChI=1S/C17H17NO4S/c1-14-7-9-16(10-8-14)23(20,21)18-17(19)11-12-22-13-15-5-3-2-4-6-15/h2-12H,13H2,1H3,(H,18,19)/b12-11+. The van der Waals surface area contributed by atoms with E-state index in [0.29, 0.717) is 6.61 Å². The van der Waals surface area contributed by atoms with Gasteiger partial charge >= 0.3 is 0 Å².